The number of hydrogen-bond donors (Lipinski definition) is 0. The first-order chi connectivity index (χ1) is 30.7. The molecule has 6 aromatic heterocycles. The molecule has 0 aliphatic heterocycles. The molecule has 0 aliphatic rings. The zero-order valence-electron chi connectivity index (χ0n) is 33.1. The first kappa shape index (κ1) is 34.3. The highest BCUT2D eigenvalue weighted by Crippen LogP contribution is 2.49. The smallest absolute Gasteiger partial charge is 0.344 e. The van der Waals surface area contributed by atoms with Gasteiger partial charge in [-0.2, -0.15) is 0 Å². The molecule has 0 fully saturated rings. The van der Waals surface area contributed by atoms with Gasteiger partial charge in [-0.25, -0.2) is 4.79 Å². The van der Waals surface area contributed by atoms with Crippen LogP contribution in [0.2, 0.25) is 0 Å². The maximum Gasteiger partial charge on any atom is 0.344 e. The number of aromatic nitrogens is 5. The SMILES string of the molecule is O=c1oc2cc(-n3c4ccccc4c4ccccc43)c(-n3c4ccccc4c4ccccc43)c(-n3c4ccccc4c4ccccc43)c2c(-c2ccncc2)c1-c1ccncc1. The number of rotatable bonds is 5. The topological polar surface area (TPSA) is 70.8 Å². The van der Waals surface area contributed by atoms with Crippen molar-refractivity contribution in [3.63, 3.8) is 0 Å². The van der Waals surface area contributed by atoms with Crippen molar-refractivity contribution >= 4 is 76.4 Å². The Morgan fingerprint density at radius 3 is 1.11 bits per heavy atom. The molecule has 13 rings (SSSR count). The first-order valence-corrected chi connectivity index (χ1v) is 20.7. The molecule has 0 saturated carbocycles. The summed E-state index contributed by atoms with van der Waals surface area (Å²) in [5.74, 6) is 0. The highest BCUT2D eigenvalue weighted by molar-refractivity contribution is 6.18. The lowest BCUT2D eigenvalue weighted by molar-refractivity contribution is 0.563. The molecule has 0 aliphatic carbocycles. The molecule has 0 bridgehead atoms. The second-order valence-corrected chi connectivity index (χ2v) is 15.7. The third-order valence-electron chi connectivity index (χ3n) is 12.5. The van der Waals surface area contributed by atoms with E-state index in [1.165, 1.54) is 0 Å². The van der Waals surface area contributed by atoms with Crippen molar-refractivity contribution in [2.24, 2.45) is 0 Å². The number of hydrogen-bond acceptors (Lipinski definition) is 4. The van der Waals surface area contributed by atoms with Crippen LogP contribution in [-0.2, 0) is 0 Å². The van der Waals surface area contributed by atoms with Crippen molar-refractivity contribution in [2.75, 3.05) is 0 Å². The summed E-state index contributed by atoms with van der Waals surface area (Å²) in [5.41, 5.74) is 11.6. The van der Waals surface area contributed by atoms with Crippen LogP contribution in [0.25, 0.3) is 116 Å². The lowest BCUT2D eigenvalue weighted by Crippen LogP contribution is -2.13. The molecule has 7 nitrogen and oxygen atoms in total. The number of fused-ring (bicyclic) bond motifs is 10. The Labute approximate surface area is 353 Å². The van der Waals surface area contributed by atoms with E-state index < -0.39 is 5.63 Å². The second kappa shape index (κ2) is 13.2. The van der Waals surface area contributed by atoms with Crippen molar-refractivity contribution in [1.29, 1.82) is 0 Å². The van der Waals surface area contributed by atoms with Gasteiger partial charge >= 0.3 is 5.63 Å². The summed E-state index contributed by atoms with van der Waals surface area (Å²) in [5, 5.41) is 7.54. The van der Waals surface area contributed by atoms with E-state index in [0.29, 0.717) is 16.7 Å². The van der Waals surface area contributed by atoms with Crippen LogP contribution in [0.5, 0.6) is 0 Å². The van der Waals surface area contributed by atoms with Crippen LogP contribution >= 0.6 is 0 Å². The average Bonchev–Trinajstić information content (AvgIpc) is 3.97. The van der Waals surface area contributed by atoms with Gasteiger partial charge in [0.15, 0.2) is 0 Å². The largest absolute Gasteiger partial charge is 0.422 e. The van der Waals surface area contributed by atoms with E-state index in [-0.39, 0.29) is 0 Å². The van der Waals surface area contributed by atoms with Gasteiger partial charge in [0.2, 0.25) is 0 Å². The minimum absolute atomic E-state index is 0.443. The van der Waals surface area contributed by atoms with Crippen LogP contribution in [0.1, 0.15) is 0 Å². The molecule has 7 heteroatoms. The highest BCUT2D eigenvalue weighted by atomic mass is 16.4. The molecular weight excluding hydrogens is 763 g/mol. The molecule has 0 saturated heterocycles. The fourth-order valence-electron chi connectivity index (χ4n) is 10.0. The summed E-state index contributed by atoms with van der Waals surface area (Å²) in [6, 6.07) is 61.4. The monoisotopic (exact) mass is 795 g/mol. The van der Waals surface area contributed by atoms with Crippen LogP contribution in [0.15, 0.2) is 210 Å². The van der Waals surface area contributed by atoms with Gasteiger partial charge < -0.3 is 18.1 Å². The molecule has 13 aromatic rings. The lowest BCUT2D eigenvalue weighted by Gasteiger charge is -2.25. The molecule has 0 radical (unpaired) electrons. The second-order valence-electron chi connectivity index (χ2n) is 15.7. The number of benzene rings is 7. The summed E-state index contributed by atoms with van der Waals surface area (Å²) >= 11 is 0. The third kappa shape index (κ3) is 4.78. The van der Waals surface area contributed by atoms with Gasteiger partial charge in [-0.05, 0) is 71.8 Å². The Kier molecular flexibility index (Phi) is 7.32. The molecule has 0 atom stereocenters. The number of para-hydroxylation sites is 6. The molecule has 0 spiro atoms. The molecule has 0 amide bonds. The van der Waals surface area contributed by atoms with Gasteiger partial charge in [0.05, 0.1) is 61.1 Å². The van der Waals surface area contributed by atoms with Crippen LogP contribution in [-0.4, -0.2) is 23.7 Å². The average molecular weight is 796 g/mol. The van der Waals surface area contributed by atoms with Gasteiger partial charge in [-0.3, -0.25) is 9.97 Å². The Morgan fingerprint density at radius 2 is 0.710 bits per heavy atom. The van der Waals surface area contributed by atoms with E-state index in [1.54, 1.807) is 24.8 Å². The Morgan fingerprint density at radius 1 is 0.371 bits per heavy atom. The van der Waals surface area contributed by atoms with Crippen LogP contribution in [0.4, 0.5) is 0 Å². The lowest BCUT2D eigenvalue weighted by atomic mass is 9.92. The molecule has 0 N–H and O–H groups in total. The fraction of sp³-hybridized carbons (Fsp3) is 0. The standard InChI is InChI=1S/C55H33N5O2/c61-55-51(35-27-31-57-32-28-35)50(34-25-29-56-30-26-34)52-49(62-55)33-48(58-42-19-7-1-13-36(42)37-14-2-8-20-43(37)58)53(59-44-21-9-3-15-38(44)39-16-4-10-22-45(39)59)54(52)60-46-23-11-5-17-40(46)41-18-6-12-24-47(41)60/h1-33H. The molecule has 0 unspecified atom stereocenters. The van der Waals surface area contributed by atoms with Gasteiger partial charge in [-0.1, -0.05) is 109 Å². The van der Waals surface area contributed by atoms with Crippen LogP contribution in [0.3, 0.4) is 0 Å². The van der Waals surface area contributed by atoms with E-state index in [2.05, 4.69) is 175 Å². The van der Waals surface area contributed by atoms with E-state index in [9.17, 15) is 4.79 Å². The van der Waals surface area contributed by atoms with Crippen molar-refractivity contribution in [2.45, 2.75) is 0 Å². The van der Waals surface area contributed by atoms with Crippen LogP contribution < -0.4 is 5.63 Å². The van der Waals surface area contributed by atoms with Gasteiger partial charge in [-0.15, -0.1) is 0 Å². The van der Waals surface area contributed by atoms with Crippen molar-refractivity contribution in [3.8, 4) is 39.3 Å². The molecule has 7 aromatic carbocycles. The summed E-state index contributed by atoms with van der Waals surface area (Å²) < 4.78 is 13.9. The Hall–Kier alpha value is -8.55. The minimum atomic E-state index is -0.443. The van der Waals surface area contributed by atoms with E-state index in [4.69, 9.17) is 4.42 Å². The zero-order chi connectivity index (χ0) is 40.9. The quantitative estimate of drug-likeness (QED) is 0.163. The van der Waals surface area contributed by atoms with E-state index in [1.807, 2.05) is 24.3 Å². The van der Waals surface area contributed by atoms with Crippen molar-refractivity contribution in [3.05, 3.63) is 211 Å². The molecule has 6 heterocycles. The normalized spacial score (nSPS) is 11.9. The van der Waals surface area contributed by atoms with E-state index in [0.717, 1.165) is 99.0 Å². The summed E-state index contributed by atoms with van der Waals surface area (Å²) in [6.07, 6.45) is 7.01. The predicted octanol–water partition coefficient (Wildman–Crippen LogP) is 13.2. The molecule has 62 heavy (non-hydrogen) atoms. The maximum absolute atomic E-state index is 14.9. The van der Waals surface area contributed by atoms with Gasteiger partial charge in [0.1, 0.15) is 5.58 Å². The van der Waals surface area contributed by atoms with Crippen molar-refractivity contribution < 1.29 is 4.42 Å². The highest BCUT2D eigenvalue weighted by Gasteiger charge is 2.31. The summed E-state index contributed by atoms with van der Waals surface area (Å²) in [6.45, 7) is 0. The zero-order valence-corrected chi connectivity index (χ0v) is 33.1. The Balaban J connectivity index is 1.39. The Bertz CT molecular complexity index is 3850. The van der Waals surface area contributed by atoms with Gasteiger partial charge in [0, 0.05) is 68.7 Å². The van der Waals surface area contributed by atoms with Gasteiger partial charge in [0.25, 0.3) is 0 Å². The van der Waals surface area contributed by atoms with E-state index >= 15 is 0 Å². The number of pyridine rings is 2. The molecule has 290 valence electrons. The number of nitrogens with zero attached hydrogens (tertiary/aromatic N) is 5. The fourth-order valence-corrected chi connectivity index (χ4v) is 10.0. The predicted molar refractivity (Wildman–Crippen MR) is 252 cm³/mol. The minimum Gasteiger partial charge on any atom is -0.422 e. The molecular formula is C55H33N5O2. The maximum atomic E-state index is 14.9. The summed E-state index contributed by atoms with van der Waals surface area (Å²) in [4.78, 5) is 23.7. The van der Waals surface area contributed by atoms with Crippen LogP contribution in [0, 0.1) is 0 Å². The van der Waals surface area contributed by atoms with Crippen molar-refractivity contribution in [1.82, 2.24) is 23.7 Å². The first-order valence-electron chi connectivity index (χ1n) is 20.7. The summed E-state index contributed by atoms with van der Waals surface area (Å²) in [7, 11) is 0. The third-order valence-corrected chi connectivity index (χ3v) is 12.5.